The fraction of sp³-hybridized carbons (Fsp3) is 0.391. The molecule has 4 nitrogen and oxygen atoms in total. The van der Waals surface area contributed by atoms with Crippen LogP contribution in [0.3, 0.4) is 0 Å². The van der Waals surface area contributed by atoms with Crippen LogP contribution in [-0.4, -0.2) is 18.4 Å². The highest BCUT2D eigenvalue weighted by atomic mass is 35.5. The minimum atomic E-state index is -4.59. The van der Waals surface area contributed by atoms with E-state index in [0.717, 1.165) is 28.9 Å². The van der Waals surface area contributed by atoms with Gasteiger partial charge in [-0.3, -0.25) is 9.59 Å². The Bertz CT molecular complexity index is 1000. The van der Waals surface area contributed by atoms with Crippen LogP contribution in [0.4, 0.5) is 24.5 Å². The summed E-state index contributed by atoms with van der Waals surface area (Å²) in [4.78, 5) is 27.8. The number of hydrogen-bond donors (Lipinski definition) is 1. The molecule has 0 bridgehead atoms. The maximum Gasteiger partial charge on any atom is 0.416 e. The lowest BCUT2D eigenvalue weighted by molar-refractivity contribution is -0.137. The monoisotopic (exact) mass is 452 g/mol. The van der Waals surface area contributed by atoms with Crippen molar-refractivity contribution in [2.45, 2.75) is 33.9 Å². The zero-order chi connectivity index (χ0) is 23.1. The predicted molar refractivity (Wildman–Crippen MR) is 115 cm³/mol. The second-order valence-corrected chi connectivity index (χ2v) is 8.63. The van der Waals surface area contributed by atoms with Crippen molar-refractivity contribution in [3.05, 3.63) is 58.1 Å². The van der Waals surface area contributed by atoms with Gasteiger partial charge >= 0.3 is 6.18 Å². The molecule has 0 aromatic heterocycles. The summed E-state index contributed by atoms with van der Waals surface area (Å²) in [6.07, 6.45) is -4.59. The van der Waals surface area contributed by atoms with Gasteiger partial charge in [-0.25, -0.2) is 0 Å². The molecule has 1 aliphatic heterocycles. The molecule has 1 fully saturated rings. The zero-order valence-corrected chi connectivity index (χ0v) is 18.4. The molecule has 1 saturated heterocycles. The number of rotatable bonds is 3. The molecule has 1 unspecified atom stereocenters. The predicted octanol–water partition coefficient (Wildman–Crippen LogP) is 5.85. The number of carbonyl (C=O) groups excluding carboxylic acids is 2. The Morgan fingerprint density at radius 3 is 2.32 bits per heavy atom. The van der Waals surface area contributed by atoms with Crippen LogP contribution >= 0.6 is 11.6 Å². The highest BCUT2D eigenvalue weighted by Crippen LogP contribution is 2.37. The third kappa shape index (κ3) is 4.71. The standard InChI is InChI=1S/C23H24ClF3N2O2/c1-12-6-5-7-13(2)20(12)29-11-14(3)19(15(4)22(29)31)21(30)28-18-9-16(23(25,26)27)8-17(24)10-18/h5-10,14-15,19H,11H2,1-4H3,(H,28,30)/t14?,15-,19-/m0/s1. The van der Waals surface area contributed by atoms with Crippen molar-refractivity contribution in [3.8, 4) is 0 Å². The van der Waals surface area contributed by atoms with Gasteiger partial charge in [-0.1, -0.05) is 43.6 Å². The van der Waals surface area contributed by atoms with Crippen LogP contribution in [0.25, 0.3) is 0 Å². The molecule has 3 rings (SSSR count). The summed E-state index contributed by atoms with van der Waals surface area (Å²) >= 11 is 5.81. The van der Waals surface area contributed by atoms with Gasteiger partial charge in [0.1, 0.15) is 0 Å². The van der Waals surface area contributed by atoms with Gasteiger partial charge in [0.25, 0.3) is 0 Å². The molecule has 2 aromatic carbocycles. The first-order valence-electron chi connectivity index (χ1n) is 9.96. The number of nitrogens with one attached hydrogen (secondary N) is 1. The largest absolute Gasteiger partial charge is 0.416 e. The molecule has 2 aromatic rings. The van der Waals surface area contributed by atoms with E-state index in [1.165, 1.54) is 6.07 Å². The van der Waals surface area contributed by atoms with Gasteiger partial charge in [-0.2, -0.15) is 13.2 Å². The molecular formula is C23H24ClF3N2O2. The number of carbonyl (C=O) groups is 2. The van der Waals surface area contributed by atoms with Gasteiger partial charge < -0.3 is 10.2 Å². The summed E-state index contributed by atoms with van der Waals surface area (Å²) in [6.45, 7) is 7.76. The fourth-order valence-electron chi connectivity index (χ4n) is 4.35. The minimum absolute atomic E-state index is 0.0474. The molecule has 0 spiro atoms. The smallest absolute Gasteiger partial charge is 0.326 e. The van der Waals surface area contributed by atoms with E-state index in [1.807, 2.05) is 39.0 Å². The number of aryl methyl sites for hydroxylation is 2. The van der Waals surface area contributed by atoms with Crippen LogP contribution in [0, 0.1) is 31.6 Å². The summed E-state index contributed by atoms with van der Waals surface area (Å²) < 4.78 is 39.2. The molecular weight excluding hydrogens is 429 g/mol. The number of para-hydroxylation sites is 1. The van der Waals surface area contributed by atoms with Crippen molar-refractivity contribution in [1.29, 1.82) is 0 Å². The number of amides is 2. The molecule has 2 amide bonds. The number of anilines is 2. The van der Waals surface area contributed by atoms with Gasteiger partial charge in [0.2, 0.25) is 11.8 Å². The Morgan fingerprint density at radius 1 is 1.13 bits per heavy atom. The van der Waals surface area contributed by atoms with Crippen molar-refractivity contribution in [2.75, 3.05) is 16.8 Å². The Balaban J connectivity index is 1.84. The second-order valence-electron chi connectivity index (χ2n) is 8.20. The van der Waals surface area contributed by atoms with E-state index in [-0.39, 0.29) is 22.5 Å². The number of hydrogen-bond acceptors (Lipinski definition) is 2. The topological polar surface area (TPSA) is 49.4 Å². The molecule has 1 heterocycles. The highest BCUT2D eigenvalue weighted by Gasteiger charge is 2.43. The molecule has 0 aliphatic carbocycles. The number of nitrogens with zero attached hydrogens (tertiary/aromatic N) is 1. The van der Waals surface area contributed by atoms with Crippen LogP contribution in [0.5, 0.6) is 0 Å². The third-order valence-corrected chi connectivity index (χ3v) is 6.00. The molecule has 0 radical (unpaired) electrons. The zero-order valence-electron chi connectivity index (χ0n) is 17.7. The molecule has 31 heavy (non-hydrogen) atoms. The minimum Gasteiger partial charge on any atom is -0.326 e. The Hall–Kier alpha value is -2.54. The average molecular weight is 453 g/mol. The number of benzene rings is 2. The lowest BCUT2D eigenvalue weighted by Crippen LogP contribution is -2.52. The summed E-state index contributed by atoms with van der Waals surface area (Å²) in [5.41, 5.74) is 1.78. The summed E-state index contributed by atoms with van der Waals surface area (Å²) in [6, 6.07) is 8.69. The van der Waals surface area contributed by atoms with Crippen LogP contribution < -0.4 is 10.2 Å². The van der Waals surface area contributed by atoms with Crippen LogP contribution in [-0.2, 0) is 15.8 Å². The normalized spacial score (nSPS) is 21.9. The van der Waals surface area contributed by atoms with E-state index in [0.29, 0.717) is 6.54 Å². The second kappa shape index (κ2) is 8.54. The molecule has 1 aliphatic rings. The van der Waals surface area contributed by atoms with Crippen LogP contribution in [0.15, 0.2) is 36.4 Å². The number of halogens is 4. The first-order chi connectivity index (χ1) is 14.4. The quantitative estimate of drug-likeness (QED) is 0.635. The maximum atomic E-state index is 13.2. The first kappa shape index (κ1) is 23.1. The van der Waals surface area contributed by atoms with Gasteiger partial charge in [-0.15, -0.1) is 0 Å². The summed E-state index contributed by atoms with van der Waals surface area (Å²) in [7, 11) is 0. The average Bonchev–Trinajstić information content (AvgIpc) is 2.64. The van der Waals surface area contributed by atoms with Crippen molar-refractivity contribution in [1.82, 2.24) is 0 Å². The van der Waals surface area contributed by atoms with Crippen molar-refractivity contribution < 1.29 is 22.8 Å². The van der Waals surface area contributed by atoms with Gasteiger partial charge in [0, 0.05) is 28.9 Å². The third-order valence-electron chi connectivity index (χ3n) is 5.78. The van der Waals surface area contributed by atoms with E-state index < -0.39 is 29.5 Å². The van der Waals surface area contributed by atoms with Gasteiger partial charge in [-0.05, 0) is 49.1 Å². The SMILES string of the molecule is Cc1cccc(C)c1N1CC(C)[C@H](C(=O)Nc2cc(Cl)cc(C(F)(F)F)c2)[C@H](C)C1=O. The molecule has 166 valence electrons. The number of alkyl halides is 3. The van der Waals surface area contributed by atoms with Crippen molar-refractivity contribution in [2.24, 2.45) is 17.8 Å². The molecule has 1 N–H and O–H groups in total. The Kier molecular flexibility index (Phi) is 6.37. The molecule has 8 heteroatoms. The van der Waals surface area contributed by atoms with E-state index in [1.54, 1.807) is 11.8 Å². The van der Waals surface area contributed by atoms with E-state index in [9.17, 15) is 22.8 Å². The van der Waals surface area contributed by atoms with Gasteiger partial charge in [0.15, 0.2) is 0 Å². The highest BCUT2D eigenvalue weighted by molar-refractivity contribution is 6.31. The Labute approximate surface area is 184 Å². The van der Waals surface area contributed by atoms with E-state index in [4.69, 9.17) is 11.6 Å². The van der Waals surface area contributed by atoms with Crippen LogP contribution in [0.1, 0.15) is 30.5 Å². The van der Waals surface area contributed by atoms with E-state index >= 15 is 0 Å². The van der Waals surface area contributed by atoms with E-state index in [2.05, 4.69) is 5.32 Å². The lowest BCUT2D eigenvalue weighted by Gasteiger charge is -2.41. The van der Waals surface area contributed by atoms with Gasteiger partial charge in [0.05, 0.1) is 11.5 Å². The summed E-state index contributed by atoms with van der Waals surface area (Å²) in [5, 5.41) is 2.40. The molecule has 3 atom stereocenters. The number of piperidine rings is 1. The first-order valence-corrected chi connectivity index (χ1v) is 10.3. The summed E-state index contributed by atoms with van der Waals surface area (Å²) in [5.74, 6) is -2.19. The van der Waals surface area contributed by atoms with Crippen molar-refractivity contribution in [3.63, 3.8) is 0 Å². The molecule has 0 saturated carbocycles. The fourth-order valence-corrected chi connectivity index (χ4v) is 4.59. The maximum absolute atomic E-state index is 13.2. The van der Waals surface area contributed by atoms with Crippen molar-refractivity contribution >= 4 is 34.8 Å². The lowest BCUT2D eigenvalue weighted by atomic mass is 9.77. The Morgan fingerprint density at radius 2 is 1.74 bits per heavy atom. The van der Waals surface area contributed by atoms with Crippen LogP contribution in [0.2, 0.25) is 5.02 Å².